The van der Waals surface area contributed by atoms with Gasteiger partial charge in [-0.1, -0.05) is 68.8 Å². The van der Waals surface area contributed by atoms with E-state index in [1.54, 1.807) is 0 Å². The van der Waals surface area contributed by atoms with Crippen molar-refractivity contribution in [1.29, 1.82) is 0 Å². The molecule has 8 nitrogen and oxygen atoms in total. The number of hydrogen-bond donors (Lipinski definition) is 3. The second-order valence-corrected chi connectivity index (χ2v) is 8.65. The van der Waals surface area contributed by atoms with Crippen LogP contribution in [0, 0.1) is 5.92 Å². The van der Waals surface area contributed by atoms with E-state index in [9.17, 15) is 19.5 Å². The lowest BCUT2D eigenvalue weighted by Crippen LogP contribution is -2.51. The molecule has 1 aliphatic rings. The molecule has 2 unspecified atom stereocenters. The predicted molar refractivity (Wildman–Crippen MR) is 127 cm³/mol. The minimum atomic E-state index is -1.19. The molecule has 0 aliphatic heterocycles. The minimum Gasteiger partial charge on any atom is -0.480 e. The van der Waals surface area contributed by atoms with Crippen molar-refractivity contribution in [3.63, 3.8) is 0 Å². The van der Waals surface area contributed by atoms with Crippen LogP contribution in [-0.2, 0) is 14.3 Å². The minimum absolute atomic E-state index is 0.111. The molecule has 0 radical (unpaired) electrons. The molecule has 0 bridgehead atoms. The third-order valence-electron chi connectivity index (χ3n) is 6.28. The number of fused-ring (bicyclic) bond motifs is 3. The highest BCUT2D eigenvalue weighted by Gasteiger charge is 2.31. The van der Waals surface area contributed by atoms with E-state index >= 15 is 0 Å². The lowest BCUT2D eigenvalue weighted by atomic mass is 9.98. The maximum absolute atomic E-state index is 13.0. The Hall–Kier alpha value is -3.39. The molecule has 34 heavy (non-hydrogen) atoms. The van der Waals surface area contributed by atoms with Gasteiger partial charge in [-0.25, -0.2) is 4.79 Å². The molecule has 3 rings (SSSR count). The van der Waals surface area contributed by atoms with E-state index in [1.165, 1.54) is 0 Å². The Balaban J connectivity index is 1.71. The fourth-order valence-corrected chi connectivity index (χ4v) is 4.34. The topological polar surface area (TPSA) is 116 Å². The molecule has 2 aromatic rings. The van der Waals surface area contributed by atoms with Gasteiger partial charge in [-0.2, -0.15) is 0 Å². The number of nitrogens with one attached hydrogen (secondary N) is 1. The number of alkyl carbamates (subject to hydrolysis) is 1. The number of nitrogens with zero attached hydrogens (tertiary/aromatic N) is 1. The van der Waals surface area contributed by atoms with E-state index in [-0.39, 0.29) is 31.6 Å². The van der Waals surface area contributed by atoms with Crippen molar-refractivity contribution in [3.8, 4) is 11.1 Å². The zero-order chi connectivity index (χ0) is 24.7. The van der Waals surface area contributed by atoms with Crippen molar-refractivity contribution in [3.05, 3.63) is 59.7 Å². The predicted octanol–water partition coefficient (Wildman–Crippen LogP) is 3.24. The molecule has 0 saturated carbocycles. The quantitative estimate of drug-likeness (QED) is 0.466. The van der Waals surface area contributed by atoms with Crippen LogP contribution >= 0.6 is 0 Å². The van der Waals surface area contributed by atoms with Crippen LogP contribution in [0.4, 0.5) is 4.79 Å². The molecular weight excluding hydrogens is 436 g/mol. The number of carbonyl (C=O) groups is 3. The summed E-state index contributed by atoms with van der Waals surface area (Å²) in [5, 5.41) is 21.0. The number of carboxylic acid groups (broad SMARTS) is 1. The summed E-state index contributed by atoms with van der Waals surface area (Å²) in [6.45, 7) is 2.98. The fourth-order valence-electron chi connectivity index (χ4n) is 4.34. The number of ether oxygens (including phenoxy) is 1. The number of aliphatic carboxylic acids is 1. The third-order valence-corrected chi connectivity index (χ3v) is 6.28. The standard InChI is InChI=1S/C26H32N2O6/c1-3-17(2)14-23(25(32)28(12-13-29)15-24(30)31)27-26(33)34-16-22-20-10-6-4-8-18(20)19-9-5-7-11-21(19)22/h4-11,17,22-23,29H,3,12-16H2,1-2H3,(H,27,33)(H,30,31). The summed E-state index contributed by atoms with van der Waals surface area (Å²) in [4.78, 5) is 38.0. The van der Waals surface area contributed by atoms with Gasteiger partial charge in [0.1, 0.15) is 19.2 Å². The van der Waals surface area contributed by atoms with E-state index in [0.29, 0.717) is 6.42 Å². The summed E-state index contributed by atoms with van der Waals surface area (Å²) in [7, 11) is 0. The van der Waals surface area contributed by atoms with Crippen LogP contribution in [0.1, 0.15) is 43.7 Å². The molecule has 0 heterocycles. The summed E-state index contributed by atoms with van der Waals surface area (Å²) in [5.74, 6) is -1.74. The highest BCUT2D eigenvalue weighted by molar-refractivity contribution is 5.88. The smallest absolute Gasteiger partial charge is 0.407 e. The zero-order valence-electron chi connectivity index (χ0n) is 19.6. The van der Waals surface area contributed by atoms with Crippen LogP contribution in [0.5, 0.6) is 0 Å². The summed E-state index contributed by atoms with van der Waals surface area (Å²) in [5.41, 5.74) is 4.40. The number of rotatable bonds is 11. The Bertz CT molecular complexity index is 978. The molecule has 0 aromatic heterocycles. The highest BCUT2D eigenvalue weighted by Crippen LogP contribution is 2.44. The van der Waals surface area contributed by atoms with Crippen molar-refractivity contribution in [2.24, 2.45) is 5.92 Å². The molecule has 2 amide bonds. The van der Waals surface area contributed by atoms with Gasteiger partial charge in [-0.15, -0.1) is 0 Å². The number of hydrogen-bond acceptors (Lipinski definition) is 5. The van der Waals surface area contributed by atoms with Gasteiger partial charge in [-0.3, -0.25) is 9.59 Å². The second-order valence-electron chi connectivity index (χ2n) is 8.65. The lowest BCUT2D eigenvalue weighted by Gasteiger charge is -2.27. The average molecular weight is 469 g/mol. The third kappa shape index (κ3) is 5.94. The highest BCUT2D eigenvalue weighted by atomic mass is 16.5. The van der Waals surface area contributed by atoms with Crippen molar-refractivity contribution >= 4 is 18.0 Å². The van der Waals surface area contributed by atoms with E-state index in [0.717, 1.165) is 33.6 Å². The van der Waals surface area contributed by atoms with Gasteiger partial charge in [0.25, 0.3) is 0 Å². The fraction of sp³-hybridized carbons (Fsp3) is 0.423. The number of aliphatic hydroxyl groups excluding tert-OH is 1. The molecule has 3 N–H and O–H groups in total. The average Bonchev–Trinajstić information content (AvgIpc) is 3.15. The van der Waals surface area contributed by atoms with Gasteiger partial charge in [0, 0.05) is 12.5 Å². The van der Waals surface area contributed by atoms with Crippen molar-refractivity contribution in [1.82, 2.24) is 10.2 Å². The summed E-state index contributed by atoms with van der Waals surface area (Å²) in [6, 6.07) is 15.1. The molecule has 182 valence electrons. The maximum Gasteiger partial charge on any atom is 0.407 e. The largest absolute Gasteiger partial charge is 0.480 e. The molecule has 2 aromatic carbocycles. The molecule has 0 fully saturated rings. The van der Waals surface area contributed by atoms with E-state index in [4.69, 9.17) is 9.84 Å². The molecule has 8 heteroatoms. The first kappa shape index (κ1) is 25.2. The lowest BCUT2D eigenvalue weighted by molar-refractivity contribution is -0.145. The van der Waals surface area contributed by atoms with Gasteiger partial charge in [-0.05, 0) is 34.6 Å². The number of carboxylic acids is 1. The zero-order valence-corrected chi connectivity index (χ0v) is 19.6. The molecule has 1 aliphatic carbocycles. The van der Waals surface area contributed by atoms with Gasteiger partial charge in [0.2, 0.25) is 5.91 Å². The molecule has 0 spiro atoms. The number of carbonyl (C=O) groups excluding carboxylic acids is 2. The maximum atomic E-state index is 13.0. The van der Waals surface area contributed by atoms with Crippen molar-refractivity contribution < 1.29 is 29.3 Å². The second kappa shape index (κ2) is 11.7. The van der Waals surface area contributed by atoms with Gasteiger partial charge in [0.05, 0.1) is 6.61 Å². The van der Waals surface area contributed by atoms with E-state index in [1.807, 2.05) is 62.4 Å². The van der Waals surface area contributed by atoms with Crippen molar-refractivity contribution in [2.75, 3.05) is 26.3 Å². The summed E-state index contributed by atoms with van der Waals surface area (Å²) in [6.07, 6.45) is 0.388. The van der Waals surface area contributed by atoms with Crippen LogP contribution < -0.4 is 5.32 Å². The van der Waals surface area contributed by atoms with Crippen LogP contribution in [-0.4, -0.2) is 65.4 Å². The molecular formula is C26H32N2O6. The van der Waals surface area contributed by atoms with Gasteiger partial charge >= 0.3 is 12.1 Å². The van der Waals surface area contributed by atoms with Crippen LogP contribution in [0.2, 0.25) is 0 Å². The van der Waals surface area contributed by atoms with E-state index < -0.39 is 30.6 Å². The normalized spacial score (nSPS) is 14.0. The first-order valence-corrected chi connectivity index (χ1v) is 11.6. The SMILES string of the molecule is CCC(C)CC(NC(=O)OCC1c2ccccc2-c2ccccc21)C(=O)N(CCO)CC(=O)O. The first-order valence-electron chi connectivity index (χ1n) is 11.6. The monoisotopic (exact) mass is 468 g/mol. The number of amides is 2. The van der Waals surface area contributed by atoms with Gasteiger partial charge in [0.15, 0.2) is 0 Å². The van der Waals surface area contributed by atoms with E-state index in [2.05, 4.69) is 5.32 Å². The molecule has 2 atom stereocenters. The Kier molecular flexibility index (Phi) is 8.65. The Labute approximate surface area is 199 Å². The summed E-state index contributed by atoms with van der Waals surface area (Å²) < 4.78 is 5.57. The number of aliphatic hydroxyl groups is 1. The Morgan fingerprint density at radius 1 is 1.06 bits per heavy atom. The van der Waals surface area contributed by atoms with Crippen molar-refractivity contribution in [2.45, 2.75) is 38.6 Å². The van der Waals surface area contributed by atoms with Crippen LogP contribution in [0.3, 0.4) is 0 Å². The summed E-state index contributed by atoms with van der Waals surface area (Å²) >= 11 is 0. The molecule has 0 saturated heterocycles. The Morgan fingerprint density at radius 3 is 2.18 bits per heavy atom. The van der Waals surface area contributed by atoms with Crippen LogP contribution in [0.15, 0.2) is 48.5 Å². The first-order chi connectivity index (χ1) is 16.3. The number of benzene rings is 2. The Morgan fingerprint density at radius 2 is 1.65 bits per heavy atom. The van der Waals surface area contributed by atoms with Gasteiger partial charge < -0.3 is 25.2 Å². The van der Waals surface area contributed by atoms with Crippen LogP contribution in [0.25, 0.3) is 11.1 Å².